The number of rotatable bonds is 0. The van der Waals surface area contributed by atoms with Gasteiger partial charge >= 0.3 is 0 Å². The van der Waals surface area contributed by atoms with E-state index in [2.05, 4.69) is 9.69 Å². The number of benzene rings is 2. The fraction of sp³-hybridized carbons (Fsp3) is 0. The molecule has 3 heteroatoms. The van der Waals surface area contributed by atoms with Gasteiger partial charge in [0.25, 0.3) is 0 Å². The Kier molecular flexibility index (Phi) is 8.27. The number of nitrogens with zero attached hydrogens (tertiary/aromatic N) is 2. The second kappa shape index (κ2) is 9.32. The van der Waals surface area contributed by atoms with E-state index >= 15 is 0 Å². The van der Waals surface area contributed by atoms with Crippen LogP contribution in [0.1, 0.15) is 0 Å². The van der Waals surface area contributed by atoms with Crippen molar-refractivity contribution in [3.63, 3.8) is 0 Å². The quantitative estimate of drug-likeness (QED) is 0.501. The fourth-order valence-corrected chi connectivity index (χ4v) is 1.01. The average Bonchev–Trinajstić information content (AvgIpc) is 2.41. The normalized spacial score (nSPS) is 7.41. The molecule has 0 amide bonds. The molecule has 0 aliphatic rings. The topological polar surface area (TPSA) is 8.72 Å². The Morgan fingerprint density at radius 2 is 0.882 bits per heavy atom. The third kappa shape index (κ3) is 6.29. The molecule has 0 radical (unpaired) electrons. The molecular weight excluding hydrogens is 303 g/mol. The molecule has 0 fully saturated rings. The van der Waals surface area contributed by atoms with Crippen LogP contribution >= 0.6 is 0 Å². The summed E-state index contributed by atoms with van der Waals surface area (Å²) in [4.78, 5) is 6.44. The van der Waals surface area contributed by atoms with Gasteiger partial charge in [0.15, 0.2) is 11.4 Å². The summed E-state index contributed by atoms with van der Waals surface area (Å²) in [7, 11) is 0. The standard InChI is InChI=1S/2C7H5N.Pd/c2*1-8-7-5-3-2-4-6-7;/h2*2-6H;. The maximum Gasteiger partial charge on any atom is 0.187 e. The molecule has 0 N–H and O–H groups in total. The molecule has 2 nitrogen and oxygen atoms in total. The van der Waals surface area contributed by atoms with Gasteiger partial charge in [0, 0.05) is 20.4 Å². The molecule has 0 saturated carbocycles. The van der Waals surface area contributed by atoms with Crippen molar-refractivity contribution in [3.8, 4) is 0 Å². The van der Waals surface area contributed by atoms with Gasteiger partial charge in [-0.2, -0.15) is 0 Å². The van der Waals surface area contributed by atoms with Crippen molar-refractivity contribution in [2.45, 2.75) is 0 Å². The first kappa shape index (κ1) is 15.1. The largest absolute Gasteiger partial charge is 0.238 e. The molecule has 0 aliphatic carbocycles. The van der Waals surface area contributed by atoms with Gasteiger partial charge in [0.2, 0.25) is 0 Å². The molecule has 2 aromatic carbocycles. The summed E-state index contributed by atoms with van der Waals surface area (Å²) in [6.45, 7) is 13.1. The van der Waals surface area contributed by atoms with Gasteiger partial charge in [-0.25, -0.2) is 9.69 Å². The Hall–Kier alpha value is -1.92. The number of hydrogen-bond acceptors (Lipinski definition) is 0. The van der Waals surface area contributed by atoms with Crippen molar-refractivity contribution < 1.29 is 20.4 Å². The van der Waals surface area contributed by atoms with Gasteiger partial charge in [-0.05, 0) is 0 Å². The molecule has 0 aliphatic heterocycles. The van der Waals surface area contributed by atoms with E-state index in [0.717, 1.165) is 0 Å². The summed E-state index contributed by atoms with van der Waals surface area (Å²) in [6, 6.07) is 18.4. The predicted molar refractivity (Wildman–Crippen MR) is 65.4 cm³/mol. The van der Waals surface area contributed by atoms with E-state index in [0.29, 0.717) is 11.4 Å². The summed E-state index contributed by atoms with van der Waals surface area (Å²) in [6.07, 6.45) is 0. The van der Waals surface area contributed by atoms with Gasteiger partial charge in [-0.15, -0.1) is 0 Å². The van der Waals surface area contributed by atoms with Gasteiger partial charge in [-0.1, -0.05) is 60.7 Å². The molecule has 0 saturated heterocycles. The van der Waals surface area contributed by atoms with Crippen LogP contribution in [0.25, 0.3) is 9.69 Å². The SMILES string of the molecule is [C-]#[N+]c1ccccc1.[C-]#[N+]c1ccccc1.[Pd]. The van der Waals surface area contributed by atoms with E-state index in [9.17, 15) is 0 Å². The fourth-order valence-electron chi connectivity index (χ4n) is 1.01. The molecule has 0 spiro atoms. The maximum atomic E-state index is 6.57. The first-order chi connectivity index (χ1) is 7.86. The van der Waals surface area contributed by atoms with Crippen LogP contribution in [0.5, 0.6) is 0 Å². The van der Waals surface area contributed by atoms with Crippen LogP contribution in [0.15, 0.2) is 60.7 Å². The summed E-state index contributed by atoms with van der Waals surface area (Å²) in [5.74, 6) is 0. The van der Waals surface area contributed by atoms with Gasteiger partial charge < -0.3 is 0 Å². The average molecular weight is 313 g/mol. The monoisotopic (exact) mass is 312 g/mol. The first-order valence-corrected chi connectivity index (χ1v) is 4.72. The van der Waals surface area contributed by atoms with E-state index in [1.165, 1.54) is 0 Å². The van der Waals surface area contributed by atoms with Crippen LogP contribution in [0, 0.1) is 13.1 Å². The predicted octanol–water partition coefficient (Wildman–Crippen LogP) is 4.47. The Balaban J connectivity index is 0.000000284. The van der Waals surface area contributed by atoms with Crippen molar-refractivity contribution in [2.75, 3.05) is 0 Å². The van der Waals surface area contributed by atoms with Crippen molar-refractivity contribution in [1.29, 1.82) is 0 Å². The molecule has 0 unspecified atom stereocenters. The van der Waals surface area contributed by atoms with Crippen molar-refractivity contribution in [2.24, 2.45) is 0 Å². The third-order valence-electron chi connectivity index (χ3n) is 1.77. The summed E-state index contributed by atoms with van der Waals surface area (Å²) in [5.41, 5.74) is 1.40. The Bertz CT molecular complexity index is 446. The van der Waals surface area contributed by atoms with Crippen LogP contribution in [0.3, 0.4) is 0 Å². The molecular formula is C14H10N2Pd. The molecule has 0 aromatic heterocycles. The molecule has 2 rings (SSSR count). The minimum atomic E-state index is 0. The zero-order valence-corrected chi connectivity index (χ0v) is 10.5. The van der Waals surface area contributed by atoms with E-state index in [4.69, 9.17) is 13.1 Å². The molecule has 0 atom stereocenters. The van der Waals surface area contributed by atoms with Crippen LogP contribution in [-0.4, -0.2) is 0 Å². The smallest absolute Gasteiger partial charge is 0.187 e. The van der Waals surface area contributed by atoms with Gasteiger partial charge in [-0.3, -0.25) is 0 Å². The van der Waals surface area contributed by atoms with Crippen LogP contribution in [0.4, 0.5) is 11.4 Å². The van der Waals surface area contributed by atoms with E-state index in [-0.39, 0.29) is 20.4 Å². The summed E-state index contributed by atoms with van der Waals surface area (Å²) >= 11 is 0. The zero-order valence-electron chi connectivity index (χ0n) is 8.98. The maximum absolute atomic E-state index is 6.57. The minimum Gasteiger partial charge on any atom is -0.238 e. The number of para-hydroxylation sites is 2. The first-order valence-electron chi connectivity index (χ1n) is 4.72. The molecule has 17 heavy (non-hydrogen) atoms. The van der Waals surface area contributed by atoms with Crippen molar-refractivity contribution in [1.82, 2.24) is 0 Å². The number of hydrogen-bond donors (Lipinski definition) is 0. The van der Waals surface area contributed by atoms with Gasteiger partial charge in [0.1, 0.15) is 0 Å². The Morgan fingerprint density at radius 1 is 0.588 bits per heavy atom. The minimum absolute atomic E-state index is 0. The second-order valence-electron chi connectivity index (χ2n) is 2.89. The van der Waals surface area contributed by atoms with E-state index in [1.807, 2.05) is 36.4 Å². The van der Waals surface area contributed by atoms with E-state index in [1.54, 1.807) is 24.3 Å². The zero-order chi connectivity index (χ0) is 11.6. The third-order valence-corrected chi connectivity index (χ3v) is 1.77. The Labute approximate surface area is 115 Å². The summed E-state index contributed by atoms with van der Waals surface area (Å²) < 4.78 is 0. The van der Waals surface area contributed by atoms with Crippen molar-refractivity contribution in [3.05, 3.63) is 83.5 Å². The molecule has 0 heterocycles. The van der Waals surface area contributed by atoms with Crippen LogP contribution < -0.4 is 0 Å². The Morgan fingerprint density at radius 3 is 1.06 bits per heavy atom. The van der Waals surface area contributed by atoms with Crippen LogP contribution in [-0.2, 0) is 20.4 Å². The molecule has 2 aromatic rings. The molecule has 86 valence electrons. The van der Waals surface area contributed by atoms with Crippen molar-refractivity contribution >= 4 is 11.4 Å². The van der Waals surface area contributed by atoms with E-state index < -0.39 is 0 Å². The second-order valence-corrected chi connectivity index (χ2v) is 2.89. The van der Waals surface area contributed by atoms with Gasteiger partial charge in [0.05, 0.1) is 13.1 Å². The molecule has 0 bridgehead atoms. The summed E-state index contributed by atoms with van der Waals surface area (Å²) in [5, 5.41) is 0. The van der Waals surface area contributed by atoms with Crippen LogP contribution in [0.2, 0.25) is 0 Å².